The Morgan fingerprint density at radius 2 is 2.00 bits per heavy atom. The Balaban J connectivity index is 2.78. The molecule has 0 radical (unpaired) electrons. The summed E-state index contributed by atoms with van der Waals surface area (Å²) in [6.07, 6.45) is 0.761. The fraction of sp³-hybridized carbons (Fsp3) is 0.500. The molecule has 0 aliphatic carbocycles. The Morgan fingerprint density at radius 1 is 1.32 bits per heavy atom. The molecule has 0 saturated heterocycles. The summed E-state index contributed by atoms with van der Waals surface area (Å²) in [5, 5.41) is 0. The van der Waals surface area contributed by atoms with Crippen molar-refractivity contribution in [1.82, 2.24) is 0 Å². The van der Waals surface area contributed by atoms with E-state index in [9.17, 15) is 0 Å². The number of methoxy groups -OCH3 is 2. The van der Waals surface area contributed by atoms with E-state index in [1.54, 1.807) is 32.4 Å². The van der Waals surface area contributed by atoms with Crippen LogP contribution in [-0.4, -0.2) is 31.4 Å². The van der Waals surface area contributed by atoms with E-state index in [2.05, 4.69) is 0 Å². The summed E-state index contributed by atoms with van der Waals surface area (Å²) in [6.45, 7) is 4.54. The van der Waals surface area contributed by atoms with Gasteiger partial charge in [-0.05, 0) is 26.0 Å². The third kappa shape index (κ3) is 4.69. The molecule has 106 valence electrons. The van der Waals surface area contributed by atoms with Gasteiger partial charge in [-0.3, -0.25) is 0 Å². The average molecular weight is 283 g/mol. The van der Waals surface area contributed by atoms with Crippen molar-refractivity contribution in [1.29, 1.82) is 0 Å². The fourth-order valence-corrected chi connectivity index (χ4v) is 1.63. The molecule has 0 aliphatic rings. The van der Waals surface area contributed by atoms with Gasteiger partial charge < -0.3 is 19.9 Å². The monoisotopic (exact) mass is 283 g/mol. The molecule has 0 saturated carbocycles. The van der Waals surface area contributed by atoms with E-state index in [0.717, 1.165) is 6.42 Å². The normalized spacial score (nSPS) is 11.2. The Kier molecular flexibility index (Phi) is 5.57. The van der Waals surface area contributed by atoms with Gasteiger partial charge in [0.15, 0.2) is 0 Å². The molecule has 5 heteroatoms. The minimum absolute atomic E-state index is 0.220. The van der Waals surface area contributed by atoms with Crippen molar-refractivity contribution in [2.24, 2.45) is 5.73 Å². The topological polar surface area (TPSA) is 53.7 Å². The van der Waals surface area contributed by atoms with Crippen LogP contribution >= 0.6 is 12.2 Å². The minimum atomic E-state index is -0.220. The molecule has 0 bridgehead atoms. The molecule has 1 rings (SSSR count). The van der Waals surface area contributed by atoms with Crippen LogP contribution in [-0.2, 0) is 4.74 Å². The lowest BCUT2D eigenvalue weighted by atomic mass is 10.1. The lowest BCUT2D eigenvalue weighted by Gasteiger charge is -2.23. The smallest absolute Gasteiger partial charge is 0.133 e. The molecule has 0 aliphatic heterocycles. The zero-order chi connectivity index (χ0) is 14.5. The maximum absolute atomic E-state index is 5.75. The van der Waals surface area contributed by atoms with E-state index >= 15 is 0 Å². The highest BCUT2D eigenvalue weighted by Crippen LogP contribution is 2.25. The SMILES string of the molecule is COc1ccc(C(N)=S)c(OCCC(C)(C)OC)c1. The highest BCUT2D eigenvalue weighted by molar-refractivity contribution is 7.80. The zero-order valence-electron chi connectivity index (χ0n) is 11.9. The summed E-state index contributed by atoms with van der Waals surface area (Å²) in [5.41, 5.74) is 6.17. The summed E-state index contributed by atoms with van der Waals surface area (Å²) >= 11 is 5.01. The summed E-state index contributed by atoms with van der Waals surface area (Å²) in [6, 6.07) is 5.40. The van der Waals surface area contributed by atoms with Crippen molar-refractivity contribution in [3.8, 4) is 11.5 Å². The highest BCUT2D eigenvalue weighted by Gasteiger charge is 2.17. The Morgan fingerprint density at radius 3 is 2.53 bits per heavy atom. The van der Waals surface area contributed by atoms with Gasteiger partial charge in [0.05, 0.1) is 24.9 Å². The van der Waals surface area contributed by atoms with Crippen LogP contribution in [0.4, 0.5) is 0 Å². The van der Waals surface area contributed by atoms with E-state index in [1.807, 2.05) is 13.8 Å². The van der Waals surface area contributed by atoms with E-state index in [-0.39, 0.29) is 5.60 Å². The van der Waals surface area contributed by atoms with Crippen molar-refractivity contribution >= 4 is 17.2 Å². The van der Waals surface area contributed by atoms with Crippen LogP contribution in [0.1, 0.15) is 25.8 Å². The maximum Gasteiger partial charge on any atom is 0.133 e. The summed E-state index contributed by atoms with van der Waals surface area (Å²) in [7, 11) is 3.29. The van der Waals surface area contributed by atoms with Gasteiger partial charge in [0.1, 0.15) is 16.5 Å². The van der Waals surface area contributed by atoms with Gasteiger partial charge >= 0.3 is 0 Å². The second-order valence-electron chi connectivity index (χ2n) is 4.79. The number of benzene rings is 1. The molecule has 0 fully saturated rings. The van der Waals surface area contributed by atoms with E-state index < -0.39 is 0 Å². The van der Waals surface area contributed by atoms with Crippen molar-refractivity contribution in [2.45, 2.75) is 25.9 Å². The van der Waals surface area contributed by atoms with Gasteiger partial charge in [0.25, 0.3) is 0 Å². The Bertz CT molecular complexity index is 446. The van der Waals surface area contributed by atoms with E-state index in [4.69, 9.17) is 32.2 Å². The van der Waals surface area contributed by atoms with Crippen LogP contribution in [0.15, 0.2) is 18.2 Å². The maximum atomic E-state index is 5.75. The first-order chi connectivity index (χ1) is 8.89. The molecule has 0 atom stereocenters. The molecule has 0 spiro atoms. The van der Waals surface area contributed by atoms with Crippen molar-refractivity contribution in [3.63, 3.8) is 0 Å². The van der Waals surface area contributed by atoms with Gasteiger partial charge in [-0.1, -0.05) is 12.2 Å². The number of rotatable bonds is 7. The van der Waals surface area contributed by atoms with Crippen LogP contribution < -0.4 is 15.2 Å². The van der Waals surface area contributed by atoms with Gasteiger partial charge in [-0.25, -0.2) is 0 Å². The van der Waals surface area contributed by atoms with Crippen LogP contribution in [0, 0.1) is 0 Å². The molecular formula is C14H21NO3S. The van der Waals surface area contributed by atoms with Crippen molar-refractivity contribution in [3.05, 3.63) is 23.8 Å². The minimum Gasteiger partial charge on any atom is -0.497 e. The molecule has 1 aromatic rings. The summed E-state index contributed by atoms with van der Waals surface area (Å²) in [4.78, 5) is 0.309. The summed E-state index contributed by atoms with van der Waals surface area (Å²) in [5.74, 6) is 1.35. The first-order valence-electron chi connectivity index (χ1n) is 6.05. The first-order valence-corrected chi connectivity index (χ1v) is 6.46. The standard InChI is InChI=1S/C14H21NO3S/c1-14(2,17-4)7-8-18-12-9-10(16-3)5-6-11(12)13(15)19/h5-6,9H,7-8H2,1-4H3,(H2,15,19). The second kappa shape index (κ2) is 6.73. The van der Waals surface area contributed by atoms with Crippen LogP contribution in [0.5, 0.6) is 11.5 Å². The van der Waals surface area contributed by atoms with Crippen LogP contribution in [0.2, 0.25) is 0 Å². The number of hydrogen-bond donors (Lipinski definition) is 1. The first kappa shape index (κ1) is 15.7. The zero-order valence-corrected chi connectivity index (χ0v) is 12.7. The third-order valence-corrected chi connectivity index (χ3v) is 3.19. The van der Waals surface area contributed by atoms with Crippen LogP contribution in [0.25, 0.3) is 0 Å². The number of ether oxygens (including phenoxy) is 3. The largest absolute Gasteiger partial charge is 0.497 e. The van der Waals surface area contributed by atoms with E-state index in [0.29, 0.717) is 28.7 Å². The molecule has 1 aromatic carbocycles. The van der Waals surface area contributed by atoms with Crippen molar-refractivity contribution < 1.29 is 14.2 Å². The highest BCUT2D eigenvalue weighted by atomic mass is 32.1. The molecule has 0 amide bonds. The predicted molar refractivity (Wildman–Crippen MR) is 80.1 cm³/mol. The number of nitrogens with two attached hydrogens (primary N) is 1. The number of thiocarbonyl (C=S) groups is 1. The number of hydrogen-bond acceptors (Lipinski definition) is 4. The Labute approximate surface area is 119 Å². The van der Waals surface area contributed by atoms with Gasteiger partial charge in [0.2, 0.25) is 0 Å². The fourth-order valence-electron chi connectivity index (χ4n) is 1.46. The molecule has 0 heterocycles. The van der Waals surface area contributed by atoms with Gasteiger partial charge in [0, 0.05) is 19.6 Å². The van der Waals surface area contributed by atoms with Crippen LogP contribution in [0.3, 0.4) is 0 Å². The third-order valence-electron chi connectivity index (χ3n) is 2.97. The lowest BCUT2D eigenvalue weighted by Crippen LogP contribution is -2.25. The average Bonchev–Trinajstić information content (AvgIpc) is 2.38. The molecule has 19 heavy (non-hydrogen) atoms. The van der Waals surface area contributed by atoms with Gasteiger partial charge in [-0.2, -0.15) is 0 Å². The quantitative estimate of drug-likeness (QED) is 0.779. The lowest BCUT2D eigenvalue weighted by molar-refractivity contribution is 0.00543. The second-order valence-corrected chi connectivity index (χ2v) is 5.23. The van der Waals surface area contributed by atoms with E-state index in [1.165, 1.54) is 0 Å². The van der Waals surface area contributed by atoms with Crippen molar-refractivity contribution in [2.75, 3.05) is 20.8 Å². The molecule has 4 nitrogen and oxygen atoms in total. The van der Waals surface area contributed by atoms with Gasteiger partial charge in [-0.15, -0.1) is 0 Å². The molecule has 0 unspecified atom stereocenters. The summed E-state index contributed by atoms with van der Waals surface area (Å²) < 4.78 is 16.3. The predicted octanol–water partition coefficient (Wildman–Crippen LogP) is 2.52. The molecule has 0 aromatic heterocycles. The molecule has 2 N–H and O–H groups in total. The Hall–Kier alpha value is -1.33. The molecular weight excluding hydrogens is 262 g/mol.